The quantitative estimate of drug-likeness (QED) is 0.476. The Balaban J connectivity index is 2.29. The Morgan fingerprint density at radius 2 is 1.47 bits per heavy atom. The van der Waals surface area contributed by atoms with Gasteiger partial charge < -0.3 is 29.6 Å². The predicted molar refractivity (Wildman–Crippen MR) is 118 cm³/mol. The number of thiocarbonyl (C=S) groups is 1. The van der Waals surface area contributed by atoms with Crippen LogP contribution < -0.4 is 20.1 Å². The molecule has 0 fully saturated rings. The van der Waals surface area contributed by atoms with E-state index in [9.17, 15) is 9.59 Å². The molecule has 2 rings (SSSR count). The highest BCUT2D eigenvalue weighted by Crippen LogP contribution is 2.26. The fraction of sp³-hybridized carbons (Fsp3) is 0.286. The topological polar surface area (TPSA) is 95.1 Å². The molecular formula is C21H24N2O6S. The van der Waals surface area contributed by atoms with E-state index in [-0.39, 0.29) is 29.5 Å². The van der Waals surface area contributed by atoms with Crippen molar-refractivity contribution in [3.05, 3.63) is 47.5 Å². The molecule has 2 aromatic carbocycles. The molecule has 30 heavy (non-hydrogen) atoms. The van der Waals surface area contributed by atoms with Gasteiger partial charge in [0, 0.05) is 23.9 Å². The highest BCUT2D eigenvalue weighted by molar-refractivity contribution is 7.80. The molecule has 8 nitrogen and oxygen atoms in total. The SMILES string of the molecule is CCOC(=O)c1ccc(C(=O)OCC)c(NC(=S)Nc2cc(OC)cc(OC)c2)c1. The highest BCUT2D eigenvalue weighted by atomic mass is 32.1. The van der Waals surface area contributed by atoms with Gasteiger partial charge in [-0.25, -0.2) is 9.59 Å². The lowest BCUT2D eigenvalue weighted by atomic mass is 10.1. The molecule has 0 saturated heterocycles. The third-order valence-electron chi connectivity index (χ3n) is 3.88. The summed E-state index contributed by atoms with van der Waals surface area (Å²) in [5, 5.41) is 6.14. The number of hydrogen-bond acceptors (Lipinski definition) is 7. The third-order valence-corrected chi connectivity index (χ3v) is 4.09. The van der Waals surface area contributed by atoms with Gasteiger partial charge in [0.2, 0.25) is 0 Å². The summed E-state index contributed by atoms with van der Waals surface area (Å²) in [4.78, 5) is 24.4. The third kappa shape index (κ3) is 6.08. The summed E-state index contributed by atoms with van der Waals surface area (Å²) in [5.41, 5.74) is 1.44. The van der Waals surface area contributed by atoms with E-state index in [1.165, 1.54) is 18.2 Å². The average molecular weight is 432 g/mol. The van der Waals surface area contributed by atoms with Crippen molar-refractivity contribution in [2.45, 2.75) is 13.8 Å². The van der Waals surface area contributed by atoms with E-state index in [0.717, 1.165) is 0 Å². The van der Waals surface area contributed by atoms with Gasteiger partial charge in [-0.2, -0.15) is 0 Å². The van der Waals surface area contributed by atoms with Crippen molar-refractivity contribution in [2.75, 3.05) is 38.1 Å². The Morgan fingerprint density at radius 1 is 0.867 bits per heavy atom. The van der Waals surface area contributed by atoms with Gasteiger partial charge in [0.25, 0.3) is 0 Å². The van der Waals surface area contributed by atoms with Crippen LogP contribution in [-0.2, 0) is 9.47 Å². The lowest BCUT2D eigenvalue weighted by Gasteiger charge is -2.16. The zero-order valence-electron chi connectivity index (χ0n) is 17.2. The van der Waals surface area contributed by atoms with Crippen molar-refractivity contribution in [3.8, 4) is 11.5 Å². The van der Waals surface area contributed by atoms with Gasteiger partial charge in [0.05, 0.1) is 44.2 Å². The molecule has 0 saturated carbocycles. The predicted octanol–water partition coefficient (Wildman–Crippen LogP) is 3.87. The summed E-state index contributed by atoms with van der Waals surface area (Å²) in [6, 6.07) is 9.67. The number of benzene rings is 2. The molecule has 0 amide bonds. The summed E-state index contributed by atoms with van der Waals surface area (Å²) in [6.45, 7) is 3.87. The number of carbonyl (C=O) groups excluding carboxylic acids is 2. The van der Waals surface area contributed by atoms with Gasteiger partial charge in [0.15, 0.2) is 5.11 Å². The molecule has 160 valence electrons. The van der Waals surface area contributed by atoms with E-state index in [1.54, 1.807) is 46.3 Å². The number of methoxy groups -OCH3 is 2. The number of carbonyl (C=O) groups is 2. The summed E-state index contributed by atoms with van der Waals surface area (Å²) in [5.74, 6) is 0.112. The minimum absolute atomic E-state index is 0.192. The summed E-state index contributed by atoms with van der Waals surface area (Å²) >= 11 is 5.38. The zero-order valence-corrected chi connectivity index (χ0v) is 18.1. The molecule has 0 heterocycles. The van der Waals surface area contributed by atoms with E-state index < -0.39 is 11.9 Å². The summed E-state index contributed by atoms with van der Waals surface area (Å²) < 4.78 is 20.6. The van der Waals surface area contributed by atoms with Crippen LogP contribution in [0.5, 0.6) is 11.5 Å². The minimum atomic E-state index is -0.541. The Kier molecular flexibility index (Phi) is 8.42. The van der Waals surface area contributed by atoms with Gasteiger partial charge in [0.1, 0.15) is 11.5 Å². The van der Waals surface area contributed by atoms with Crippen LogP contribution in [0.2, 0.25) is 0 Å². The minimum Gasteiger partial charge on any atom is -0.497 e. The molecule has 0 atom stereocenters. The Bertz CT molecular complexity index is 909. The van der Waals surface area contributed by atoms with E-state index >= 15 is 0 Å². The second-order valence-corrected chi connectivity index (χ2v) is 6.29. The number of ether oxygens (including phenoxy) is 4. The molecule has 0 aromatic heterocycles. The lowest BCUT2D eigenvalue weighted by molar-refractivity contribution is 0.0512. The monoisotopic (exact) mass is 432 g/mol. The second kappa shape index (κ2) is 11.0. The first kappa shape index (κ1) is 23.0. The van der Waals surface area contributed by atoms with Crippen molar-refractivity contribution < 1.29 is 28.5 Å². The van der Waals surface area contributed by atoms with Crippen LogP contribution in [-0.4, -0.2) is 44.5 Å². The van der Waals surface area contributed by atoms with Crippen molar-refractivity contribution >= 4 is 40.6 Å². The molecular weight excluding hydrogens is 408 g/mol. The van der Waals surface area contributed by atoms with E-state index in [4.69, 9.17) is 31.2 Å². The van der Waals surface area contributed by atoms with Gasteiger partial charge in [-0.1, -0.05) is 0 Å². The molecule has 0 spiro atoms. The maximum atomic E-state index is 12.3. The summed E-state index contributed by atoms with van der Waals surface area (Å²) in [7, 11) is 3.09. The smallest absolute Gasteiger partial charge is 0.340 e. The molecule has 0 aliphatic heterocycles. The highest BCUT2D eigenvalue weighted by Gasteiger charge is 2.17. The normalized spacial score (nSPS) is 10.0. The maximum Gasteiger partial charge on any atom is 0.340 e. The molecule has 9 heteroatoms. The van der Waals surface area contributed by atoms with Crippen LogP contribution in [0.25, 0.3) is 0 Å². The fourth-order valence-electron chi connectivity index (χ4n) is 2.54. The molecule has 2 aromatic rings. The zero-order chi connectivity index (χ0) is 22.1. The summed E-state index contributed by atoms with van der Waals surface area (Å²) in [6.07, 6.45) is 0. The first-order chi connectivity index (χ1) is 14.4. The van der Waals surface area contributed by atoms with Crippen LogP contribution >= 0.6 is 12.2 Å². The van der Waals surface area contributed by atoms with Gasteiger partial charge >= 0.3 is 11.9 Å². The standard InChI is InChI=1S/C21H24N2O6S/c1-5-28-19(24)13-7-8-17(20(25)29-6-2)18(9-13)23-21(30)22-14-10-15(26-3)12-16(11-14)27-4/h7-12H,5-6H2,1-4H3,(H2,22,23,30). The van der Waals surface area contributed by atoms with Gasteiger partial charge in [-0.3, -0.25) is 0 Å². The fourth-order valence-corrected chi connectivity index (χ4v) is 2.77. The Hall–Kier alpha value is -3.33. The number of esters is 2. The first-order valence-electron chi connectivity index (χ1n) is 9.21. The van der Waals surface area contributed by atoms with Crippen LogP contribution in [0, 0.1) is 0 Å². The van der Waals surface area contributed by atoms with Gasteiger partial charge in [-0.15, -0.1) is 0 Å². The van der Waals surface area contributed by atoms with Crippen molar-refractivity contribution in [2.24, 2.45) is 0 Å². The first-order valence-corrected chi connectivity index (χ1v) is 9.62. The van der Waals surface area contributed by atoms with Crippen LogP contribution in [0.15, 0.2) is 36.4 Å². The van der Waals surface area contributed by atoms with Gasteiger partial charge in [-0.05, 0) is 44.3 Å². The Labute approximate surface area is 180 Å². The Morgan fingerprint density at radius 3 is 2.03 bits per heavy atom. The van der Waals surface area contributed by atoms with E-state index in [2.05, 4.69) is 10.6 Å². The number of anilines is 2. The largest absolute Gasteiger partial charge is 0.497 e. The molecule has 0 bridgehead atoms. The van der Waals surface area contributed by atoms with E-state index in [1.807, 2.05) is 0 Å². The van der Waals surface area contributed by atoms with E-state index in [0.29, 0.717) is 22.9 Å². The second-order valence-electron chi connectivity index (χ2n) is 5.88. The molecule has 0 radical (unpaired) electrons. The molecule has 0 aliphatic carbocycles. The number of rotatable bonds is 8. The number of nitrogens with one attached hydrogen (secondary N) is 2. The van der Waals surface area contributed by atoms with Crippen LogP contribution in [0.1, 0.15) is 34.6 Å². The molecule has 0 aliphatic rings. The van der Waals surface area contributed by atoms with Crippen molar-refractivity contribution in [1.82, 2.24) is 0 Å². The average Bonchev–Trinajstić information content (AvgIpc) is 2.73. The molecule has 2 N–H and O–H groups in total. The van der Waals surface area contributed by atoms with Crippen molar-refractivity contribution in [3.63, 3.8) is 0 Å². The molecule has 0 unspecified atom stereocenters. The van der Waals surface area contributed by atoms with Crippen molar-refractivity contribution in [1.29, 1.82) is 0 Å². The van der Waals surface area contributed by atoms with Crippen LogP contribution in [0.3, 0.4) is 0 Å². The number of hydrogen-bond donors (Lipinski definition) is 2. The maximum absolute atomic E-state index is 12.3. The van der Waals surface area contributed by atoms with Crippen LogP contribution in [0.4, 0.5) is 11.4 Å². The lowest BCUT2D eigenvalue weighted by Crippen LogP contribution is -2.21.